The quantitative estimate of drug-likeness (QED) is 0.495. The van der Waals surface area contributed by atoms with Crippen LogP contribution in [0, 0.1) is 23.3 Å². The van der Waals surface area contributed by atoms with Crippen molar-refractivity contribution in [2.24, 2.45) is 0 Å². The van der Waals surface area contributed by atoms with E-state index in [1.54, 1.807) is 0 Å². The molecule has 0 unspecified atom stereocenters. The second-order valence-electron chi connectivity index (χ2n) is 4.98. The highest BCUT2D eigenvalue weighted by Gasteiger charge is 2.41. The van der Waals surface area contributed by atoms with E-state index in [9.17, 15) is 39.5 Å². The topological polar surface area (TPSA) is 18.5 Å². The number of hydrogen-bond donors (Lipinski definition) is 0. The average Bonchev–Trinajstić information content (AvgIpc) is 2.42. The molecule has 2 rings (SSSR count). The molecule has 0 bridgehead atoms. The minimum Gasteiger partial charge on any atom is -0.478 e. The van der Waals surface area contributed by atoms with Gasteiger partial charge in [0.05, 0.1) is 0 Å². The van der Waals surface area contributed by atoms with Crippen LogP contribution in [0.3, 0.4) is 0 Å². The van der Waals surface area contributed by atoms with Crippen molar-refractivity contribution in [2.75, 3.05) is 6.61 Å². The molecule has 0 aliphatic heterocycles. The molecule has 0 radical (unpaired) electrons. The Morgan fingerprint density at radius 3 is 1.70 bits per heavy atom. The van der Waals surface area contributed by atoms with Crippen molar-refractivity contribution < 1.29 is 49.0 Å². The van der Waals surface area contributed by atoms with Crippen LogP contribution in [-0.2, 0) is 6.11 Å². The molecule has 0 atom stereocenters. The highest BCUT2D eigenvalue weighted by Crippen LogP contribution is 2.38. The van der Waals surface area contributed by atoms with E-state index < -0.39 is 59.2 Å². The summed E-state index contributed by atoms with van der Waals surface area (Å²) in [5, 5.41) is 0. The van der Waals surface area contributed by atoms with Crippen LogP contribution in [0.2, 0.25) is 0 Å². The van der Waals surface area contributed by atoms with Gasteiger partial charge in [-0.3, -0.25) is 0 Å². The first-order valence-corrected chi connectivity index (χ1v) is 7.50. The number of halogens is 10. The molecular formula is C15H6BrF9O2. The van der Waals surface area contributed by atoms with Crippen molar-refractivity contribution in [2.45, 2.75) is 12.3 Å². The Bertz CT molecular complexity index is 806. The fraction of sp³-hybridized carbons (Fsp3) is 0.200. The molecular weight excluding hydrogens is 463 g/mol. The Morgan fingerprint density at radius 2 is 1.26 bits per heavy atom. The van der Waals surface area contributed by atoms with E-state index in [2.05, 4.69) is 25.4 Å². The van der Waals surface area contributed by atoms with Gasteiger partial charge in [0.25, 0.3) is 0 Å². The maximum absolute atomic E-state index is 14.0. The van der Waals surface area contributed by atoms with E-state index in [0.29, 0.717) is 12.1 Å². The van der Waals surface area contributed by atoms with Gasteiger partial charge >= 0.3 is 12.3 Å². The summed E-state index contributed by atoms with van der Waals surface area (Å²) in [5.74, 6) is -9.72. The minimum atomic E-state index is -4.91. The largest absolute Gasteiger partial charge is 0.478 e. The van der Waals surface area contributed by atoms with Gasteiger partial charge in [0.2, 0.25) is 0 Å². The van der Waals surface area contributed by atoms with Crippen molar-refractivity contribution in [1.82, 2.24) is 0 Å². The smallest absolute Gasteiger partial charge is 0.432 e. The highest BCUT2D eigenvalue weighted by atomic mass is 79.9. The summed E-state index contributed by atoms with van der Waals surface area (Å²) in [7, 11) is 0. The van der Waals surface area contributed by atoms with Gasteiger partial charge in [-0.15, -0.1) is 0 Å². The molecule has 27 heavy (non-hydrogen) atoms. The first-order valence-electron chi connectivity index (χ1n) is 6.70. The Hall–Kier alpha value is -2.11. The molecule has 0 aliphatic carbocycles. The standard InChI is InChI=1S/C15H6BrF9O2/c16-6-1-8(17)12(9(18)2-6)15(24,25)27-7-3-10(19)13(11(20)4-7)26-5-14(21,22)23/h1-4H,5H2. The molecule has 0 aliphatic rings. The Kier molecular flexibility index (Phi) is 5.88. The fourth-order valence-corrected chi connectivity index (χ4v) is 2.31. The highest BCUT2D eigenvalue weighted by molar-refractivity contribution is 9.10. The maximum atomic E-state index is 14.0. The molecule has 0 saturated heterocycles. The lowest BCUT2D eigenvalue weighted by Gasteiger charge is -2.20. The van der Waals surface area contributed by atoms with Crippen LogP contribution >= 0.6 is 15.9 Å². The second-order valence-corrected chi connectivity index (χ2v) is 5.90. The van der Waals surface area contributed by atoms with Crippen molar-refractivity contribution in [3.8, 4) is 11.5 Å². The van der Waals surface area contributed by atoms with Gasteiger partial charge in [-0.2, -0.15) is 22.0 Å². The van der Waals surface area contributed by atoms with E-state index >= 15 is 0 Å². The third-order valence-corrected chi connectivity index (χ3v) is 3.35. The molecule has 0 heterocycles. The van der Waals surface area contributed by atoms with Crippen LogP contribution in [0.4, 0.5) is 39.5 Å². The van der Waals surface area contributed by atoms with Crippen LogP contribution < -0.4 is 9.47 Å². The second kappa shape index (κ2) is 7.49. The molecule has 0 spiro atoms. The summed E-state index contributed by atoms with van der Waals surface area (Å²) in [5.41, 5.74) is -1.83. The SMILES string of the molecule is Fc1cc(OC(F)(F)c2c(F)cc(Br)cc2F)cc(F)c1OCC(F)(F)F. The zero-order valence-electron chi connectivity index (χ0n) is 12.6. The zero-order chi connectivity index (χ0) is 20.6. The Labute approximate surface area is 153 Å². The number of hydrogen-bond acceptors (Lipinski definition) is 2. The monoisotopic (exact) mass is 468 g/mol. The molecule has 2 nitrogen and oxygen atoms in total. The molecule has 2 aromatic carbocycles. The van der Waals surface area contributed by atoms with Crippen LogP contribution in [-0.4, -0.2) is 12.8 Å². The van der Waals surface area contributed by atoms with Crippen LogP contribution in [0.1, 0.15) is 5.56 Å². The molecule has 0 N–H and O–H groups in total. The number of benzene rings is 2. The first-order chi connectivity index (χ1) is 12.3. The van der Waals surface area contributed by atoms with Gasteiger partial charge in [-0.25, -0.2) is 17.6 Å². The Morgan fingerprint density at radius 1 is 0.778 bits per heavy atom. The van der Waals surface area contributed by atoms with Gasteiger partial charge in [0.1, 0.15) is 22.9 Å². The molecule has 2 aromatic rings. The van der Waals surface area contributed by atoms with E-state index in [4.69, 9.17) is 0 Å². The average molecular weight is 469 g/mol. The van der Waals surface area contributed by atoms with Gasteiger partial charge in [-0.05, 0) is 12.1 Å². The number of ether oxygens (including phenoxy) is 2. The van der Waals surface area contributed by atoms with Crippen molar-refractivity contribution in [3.05, 3.63) is 57.6 Å². The van der Waals surface area contributed by atoms with Crippen LogP contribution in [0.25, 0.3) is 0 Å². The van der Waals surface area contributed by atoms with E-state index in [1.807, 2.05) is 0 Å². The number of rotatable bonds is 5. The first kappa shape index (κ1) is 21.2. The summed E-state index contributed by atoms with van der Waals surface area (Å²) in [6.07, 6.45) is -9.60. The predicted molar refractivity (Wildman–Crippen MR) is 76.5 cm³/mol. The Balaban J connectivity index is 2.32. The van der Waals surface area contributed by atoms with Gasteiger partial charge in [-0.1, -0.05) is 15.9 Å². The molecule has 0 fully saturated rings. The lowest BCUT2D eigenvalue weighted by atomic mass is 10.2. The third-order valence-electron chi connectivity index (χ3n) is 2.90. The van der Waals surface area contributed by atoms with Gasteiger partial charge in [0, 0.05) is 16.6 Å². The normalized spacial score (nSPS) is 12.2. The summed E-state index contributed by atoms with van der Waals surface area (Å²) in [4.78, 5) is 0. The van der Waals surface area contributed by atoms with Crippen LogP contribution in [0.15, 0.2) is 28.7 Å². The summed E-state index contributed by atoms with van der Waals surface area (Å²) in [6.45, 7) is -2.04. The summed E-state index contributed by atoms with van der Waals surface area (Å²) < 4.78 is 126. The maximum Gasteiger partial charge on any atom is 0.432 e. The van der Waals surface area contributed by atoms with Crippen LogP contribution in [0.5, 0.6) is 11.5 Å². The number of alkyl halides is 5. The minimum absolute atomic E-state index is 0.0807. The fourth-order valence-electron chi connectivity index (χ4n) is 1.91. The third kappa shape index (κ3) is 5.21. The summed E-state index contributed by atoms with van der Waals surface area (Å²) >= 11 is 2.68. The van der Waals surface area contributed by atoms with Gasteiger partial charge < -0.3 is 9.47 Å². The van der Waals surface area contributed by atoms with E-state index in [1.165, 1.54) is 0 Å². The molecule has 0 amide bonds. The lowest BCUT2D eigenvalue weighted by Crippen LogP contribution is -2.25. The zero-order valence-corrected chi connectivity index (χ0v) is 14.2. The van der Waals surface area contributed by atoms with Crippen molar-refractivity contribution in [1.29, 1.82) is 0 Å². The van der Waals surface area contributed by atoms with Gasteiger partial charge in [0.15, 0.2) is 24.0 Å². The van der Waals surface area contributed by atoms with Crippen molar-refractivity contribution >= 4 is 15.9 Å². The van der Waals surface area contributed by atoms with E-state index in [-0.39, 0.29) is 16.6 Å². The summed E-state index contributed by atoms with van der Waals surface area (Å²) in [6, 6.07) is 1.17. The molecule has 148 valence electrons. The molecule has 0 aromatic heterocycles. The lowest BCUT2D eigenvalue weighted by molar-refractivity contribution is -0.189. The molecule has 0 saturated carbocycles. The molecule has 12 heteroatoms. The predicted octanol–water partition coefficient (Wildman–Crippen LogP) is 6.07. The van der Waals surface area contributed by atoms with Crippen molar-refractivity contribution in [3.63, 3.8) is 0 Å². The van der Waals surface area contributed by atoms with E-state index in [0.717, 1.165) is 0 Å².